The molecule has 0 bridgehead atoms. The average molecular weight is 392 g/mol. The lowest BCUT2D eigenvalue weighted by Crippen LogP contribution is -2.45. The van der Waals surface area contributed by atoms with Crippen molar-refractivity contribution in [1.29, 1.82) is 0 Å². The SMILES string of the molecule is Clc1cccc(CN2CCN(Cc3ccncc3)CC2)c1.O=C(O)C(=O)O. The second-order valence-corrected chi connectivity index (χ2v) is 6.58. The number of carbonyl (C=O) groups is 2. The van der Waals surface area contributed by atoms with Gasteiger partial charge in [-0.2, -0.15) is 0 Å². The molecule has 2 N–H and O–H groups in total. The van der Waals surface area contributed by atoms with Gasteiger partial charge in [0.15, 0.2) is 0 Å². The molecule has 2 aromatic rings. The Morgan fingerprint density at radius 2 is 1.41 bits per heavy atom. The lowest BCUT2D eigenvalue weighted by molar-refractivity contribution is -0.159. The number of carboxylic acids is 2. The Kier molecular flexibility index (Phi) is 8.19. The number of rotatable bonds is 4. The average Bonchev–Trinajstić information content (AvgIpc) is 2.65. The van der Waals surface area contributed by atoms with E-state index < -0.39 is 11.9 Å². The molecule has 0 radical (unpaired) electrons. The van der Waals surface area contributed by atoms with Gasteiger partial charge in [-0.25, -0.2) is 9.59 Å². The fraction of sp³-hybridized carbons (Fsp3) is 0.316. The van der Waals surface area contributed by atoms with E-state index in [1.54, 1.807) is 0 Å². The van der Waals surface area contributed by atoms with E-state index >= 15 is 0 Å². The number of carboxylic acid groups (broad SMARTS) is 2. The van der Waals surface area contributed by atoms with Gasteiger partial charge in [-0.15, -0.1) is 0 Å². The summed E-state index contributed by atoms with van der Waals surface area (Å²) in [6.07, 6.45) is 3.73. The van der Waals surface area contributed by atoms with Crippen LogP contribution in [0.25, 0.3) is 0 Å². The van der Waals surface area contributed by atoms with Gasteiger partial charge in [-0.1, -0.05) is 23.7 Å². The molecule has 27 heavy (non-hydrogen) atoms. The molecule has 0 aliphatic carbocycles. The largest absolute Gasteiger partial charge is 0.473 e. The third kappa shape index (κ3) is 7.74. The van der Waals surface area contributed by atoms with Crippen LogP contribution in [0.5, 0.6) is 0 Å². The second-order valence-electron chi connectivity index (χ2n) is 6.15. The van der Waals surface area contributed by atoms with Crippen LogP contribution >= 0.6 is 11.6 Å². The van der Waals surface area contributed by atoms with Gasteiger partial charge >= 0.3 is 11.9 Å². The van der Waals surface area contributed by atoms with Crippen LogP contribution in [0.4, 0.5) is 0 Å². The van der Waals surface area contributed by atoms with Crippen molar-refractivity contribution in [1.82, 2.24) is 14.8 Å². The first-order valence-corrected chi connectivity index (χ1v) is 8.86. The summed E-state index contributed by atoms with van der Waals surface area (Å²) in [6, 6.07) is 12.4. The fourth-order valence-corrected chi connectivity index (χ4v) is 2.96. The predicted octanol–water partition coefficient (Wildman–Crippen LogP) is 2.21. The molecule has 1 aliphatic heterocycles. The Morgan fingerprint density at radius 3 is 1.89 bits per heavy atom. The van der Waals surface area contributed by atoms with Crippen LogP contribution in [0.1, 0.15) is 11.1 Å². The first-order valence-electron chi connectivity index (χ1n) is 8.48. The highest BCUT2D eigenvalue weighted by atomic mass is 35.5. The molecular weight excluding hydrogens is 370 g/mol. The van der Waals surface area contributed by atoms with Crippen molar-refractivity contribution in [2.45, 2.75) is 13.1 Å². The summed E-state index contributed by atoms with van der Waals surface area (Å²) < 4.78 is 0. The monoisotopic (exact) mass is 391 g/mol. The molecule has 144 valence electrons. The summed E-state index contributed by atoms with van der Waals surface area (Å²) in [7, 11) is 0. The summed E-state index contributed by atoms with van der Waals surface area (Å²) in [6.45, 7) is 6.46. The smallest absolute Gasteiger partial charge is 0.414 e. The second kappa shape index (κ2) is 10.6. The summed E-state index contributed by atoms with van der Waals surface area (Å²) >= 11 is 6.04. The van der Waals surface area contributed by atoms with Gasteiger partial charge in [0.25, 0.3) is 0 Å². The van der Waals surface area contributed by atoms with Crippen molar-refractivity contribution >= 4 is 23.5 Å². The molecule has 8 heteroatoms. The van der Waals surface area contributed by atoms with Crippen molar-refractivity contribution in [2.24, 2.45) is 0 Å². The van der Waals surface area contributed by atoms with Gasteiger partial charge in [0.1, 0.15) is 0 Å². The number of nitrogens with zero attached hydrogens (tertiary/aromatic N) is 3. The molecule has 0 atom stereocenters. The van der Waals surface area contributed by atoms with E-state index in [1.165, 1.54) is 11.1 Å². The molecule has 3 rings (SSSR count). The molecule has 0 spiro atoms. The van der Waals surface area contributed by atoms with Crippen molar-refractivity contribution < 1.29 is 19.8 Å². The standard InChI is InChI=1S/C17H20ClN3.C2H2O4/c18-17-3-1-2-16(12-17)14-21-10-8-20(9-11-21)13-15-4-6-19-7-5-15;3-1(4)2(5)6/h1-7,12H,8-11,13-14H2;(H,3,4)(H,5,6). The van der Waals surface area contributed by atoms with Crippen LogP contribution in [0.15, 0.2) is 48.8 Å². The Hall–Kier alpha value is -2.48. The number of aromatic nitrogens is 1. The third-order valence-electron chi connectivity index (χ3n) is 4.10. The molecule has 1 aliphatic rings. The number of hydrogen-bond acceptors (Lipinski definition) is 5. The van der Waals surface area contributed by atoms with Crippen molar-refractivity contribution in [3.63, 3.8) is 0 Å². The minimum atomic E-state index is -1.82. The van der Waals surface area contributed by atoms with E-state index in [-0.39, 0.29) is 0 Å². The molecular formula is C19H22ClN3O4. The van der Waals surface area contributed by atoms with Gasteiger partial charge in [0.2, 0.25) is 0 Å². The van der Waals surface area contributed by atoms with E-state index in [4.69, 9.17) is 31.4 Å². The predicted molar refractivity (Wildman–Crippen MR) is 102 cm³/mol. The Bertz CT molecular complexity index is 738. The first-order chi connectivity index (χ1) is 12.9. The summed E-state index contributed by atoms with van der Waals surface area (Å²) in [5.74, 6) is -3.65. The van der Waals surface area contributed by atoms with Gasteiger partial charge in [-0.05, 0) is 35.4 Å². The zero-order valence-corrected chi connectivity index (χ0v) is 15.5. The van der Waals surface area contributed by atoms with Crippen LogP contribution in [0.2, 0.25) is 5.02 Å². The third-order valence-corrected chi connectivity index (χ3v) is 4.33. The Balaban J connectivity index is 0.000000380. The zero-order chi connectivity index (χ0) is 19.6. The normalized spacial score (nSPS) is 14.9. The molecule has 1 fully saturated rings. The van der Waals surface area contributed by atoms with Crippen LogP contribution in [0.3, 0.4) is 0 Å². The number of aliphatic carboxylic acids is 2. The van der Waals surface area contributed by atoms with Crippen LogP contribution < -0.4 is 0 Å². The Labute approximate surface area is 162 Å². The van der Waals surface area contributed by atoms with Crippen LogP contribution in [0, 0.1) is 0 Å². The highest BCUT2D eigenvalue weighted by molar-refractivity contribution is 6.30. The molecule has 7 nitrogen and oxygen atoms in total. The minimum Gasteiger partial charge on any atom is -0.473 e. The van der Waals surface area contributed by atoms with Gasteiger partial charge < -0.3 is 10.2 Å². The summed E-state index contributed by atoms with van der Waals surface area (Å²) in [5.41, 5.74) is 2.64. The highest BCUT2D eigenvalue weighted by Gasteiger charge is 2.17. The van der Waals surface area contributed by atoms with Crippen molar-refractivity contribution in [3.05, 3.63) is 64.9 Å². The molecule has 0 saturated carbocycles. The number of hydrogen-bond donors (Lipinski definition) is 2. The fourth-order valence-electron chi connectivity index (χ4n) is 2.75. The van der Waals surface area contributed by atoms with E-state index in [0.29, 0.717) is 0 Å². The maximum atomic E-state index is 9.10. The maximum absolute atomic E-state index is 9.10. The van der Waals surface area contributed by atoms with Gasteiger partial charge in [0.05, 0.1) is 0 Å². The molecule has 1 aromatic carbocycles. The van der Waals surface area contributed by atoms with Crippen molar-refractivity contribution in [3.8, 4) is 0 Å². The van der Waals surface area contributed by atoms with Gasteiger partial charge in [0, 0.05) is 56.7 Å². The minimum absolute atomic E-state index is 0.823. The number of halogens is 1. The molecule has 0 amide bonds. The van der Waals surface area contributed by atoms with E-state index in [2.05, 4.69) is 39.0 Å². The Morgan fingerprint density at radius 1 is 0.889 bits per heavy atom. The van der Waals surface area contributed by atoms with Crippen LogP contribution in [-0.2, 0) is 22.7 Å². The van der Waals surface area contributed by atoms with Crippen molar-refractivity contribution in [2.75, 3.05) is 26.2 Å². The molecule has 1 saturated heterocycles. The lowest BCUT2D eigenvalue weighted by Gasteiger charge is -2.34. The van der Waals surface area contributed by atoms with Gasteiger partial charge in [-0.3, -0.25) is 14.8 Å². The van der Waals surface area contributed by atoms with E-state index in [0.717, 1.165) is 44.3 Å². The van der Waals surface area contributed by atoms with E-state index in [1.807, 2.05) is 24.5 Å². The first kappa shape index (κ1) is 20.8. The quantitative estimate of drug-likeness (QED) is 0.771. The highest BCUT2D eigenvalue weighted by Crippen LogP contribution is 2.14. The van der Waals surface area contributed by atoms with Crippen LogP contribution in [-0.4, -0.2) is 63.1 Å². The summed E-state index contributed by atoms with van der Waals surface area (Å²) in [4.78, 5) is 27.3. The number of piperazine rings is 1. The zero-order valence-electron chi connectivity index (χ0n) is 14.8. The lowest BCUT2D eigenvalue weighted by atomic mass is 10.2. The topological polar surface area (TPSA) is 94.0 Å². The van der Waals surface area contributed by atoms with E-state index in [9.17, 15) is 0 Å². The number of benzene rings is 1. The molecule has 0 unspecified atom stereocenters. The number of pyridine rings is 1. The maximum Gasteiger partial charge on any atom is 0.414 e. The summed E-state index contributed by atoms with van der Waals surface area (Å²) in [5, 5.41) is 15.6. The molecule has 1 aromatic heterocycles. The molecule has 2 heterocycles.